The number of carbonyl (C=O) groups is 7. The van der Waals surface area contributed by atoms with Crippen molar-refractivity contribution in [1.82, 2.24) is 31.9 Å². The van der Waals surface area contributed by atoms with Crippen LogP contribution in [0.4, 0.5) is 4.39 Å². The van der Waals surface area contributed by atoms with Crippen molar-refractivity contribution in [2.75, 3.05) is 19.6 Å². The molecule has 0 radical (unpaired) electrons. The number of benzene rings is 1. The number of nitrogens with zero attached hydrogens (tertiary/aromatic N) is 2. The van der Waals surface area contributed by atoms with Gasteiger partial charge in [-0.15, -0.1) is 0 Å². The van der Waals surface area contributed by atoms with E-state index < -0.39 is 95.4 Å². The van der Waals surface area contributed by atoms with Crippen LogP contribution in [0.3, 0.4) is 0 Å². The summed E-state index contributed by atoms with van der Waals surface area (Å²) in [6.07, 6.45) is 2.13. The number of unbranched alkanes of at least 4 members (excludes halogenated alkanes) is 1. The molecule has 0 fully saturated rings. The Kier molecular flexibility index (Phi) is 26.4. The average Bonchev–Trinajstić information content (AvgIpc) is 3.23. The molecule has 0 aliphatic rings. The number of primary amides is 1. The number of hydrogen-bond donors (Lipinski definition) is 13. The second kappa shape index (κ2) is 30.1. The summed E-state index contributed by atoms with van der Waals surface area (Å²) in [6.45, 7) is 9.17. The molecule has 0 spiro atoms. The van der Waals surface area contributed by atoms with Crippen LogP contribution in [-0.2, 0) is 40.0 Å². The van der Waals surface area contributed by atoms with E-state index in [0.29, 0.717) is 31.4 Å². The van der Waals surface area contributed by atoms with Crippen molar-refractivity contribution < 1.29 is 38.0 Å². The van der Waals surface area contributed by atoms with Crippen LogP contribution in [0, 0.1) is 17.7 Å². The molecule has 22 nitrogen and oxygen atoms in total. The smallest absolute Gasteiger partial charge is 0.243 e. The predicted molar refractivity (Wildman–Crippen MR) is 246 cm³/mol. The summed E-state index contributed by atoms with van der Waals surface area (Å²) in [5.41, 5.74) is 39.5. The Balaban J connectivity index is 3.50. The number of carbonyl (C=O) groups excluding carboxylic acids is 7. The molecule has 1 aromatic rings. The summed E-state index contributed by atoms with van der Waals surface area (Å²) >= 11 is 0. The molecule has 0 heterocycles. The number of hydrogen-bond acceptors (Lipinski definition) is 11. The highest BCUT2D eigenvalue weighted by molar-refractivity contribution is 5.97. The zero-order chi connectivity index (χ0) is 49.2. The van der Waals surface area contributed by atoms with E-state index in [1.54, 1.807) is 13.8 Å². The monoisotopic (exact) mass is 920 g/mol. The first-order chi connectivity index (χ1) is 30.6. The largest absolute Gasteiger partial charge is 0.370 e. The zero-order valence-electron chi connectivity index (χ0n) is 38.4. The number of nitrogens with two attached hydrogens (primary N) is 7. The summed E-state index contributed by atoms with van der Waals surface area (Å²) in [5, 5.41) is 16.1. The maximum atomic E-state index is 14.2. The standard InChI is InChI=1S/C42H74FN15O7/c1-6-24(4)33(40(65)56-31(34(46)59)22-26-14-16-27(43)17-15-26)58-39(64)32(21-23(2)3)57-38(63)30(13-10-20-52-42(49)50)55-37(62)29(12-9-19-51-41(47)48)54-36(61)28(11-7-8-18-44)53-35(60)25(5)45/h14-17,23-25,28-33H,6-13,18-22,44-45H2,1-5H3,(H2,46,59)(H,53,60)(H,54,61)(H,55,62)(H,56,65)(H,57,63)(H,58,64)(H4,47,48,51)(H4,49,50,52)/t24-,25-,28-,29-,30-,31-,32-,33-/m0/s1. The van der Waals surface area contributed by atoms with E-state index in [-0.39, 0.29) is 75.9 Å². The van der Waals surface area contributed by atoms with E-state index in [9.17, 15) is 38.0 Å². The minimum absolute atomic E-state index is 0.00536. The molecule has 366 valence electrons. The molecule has 1 rings (SSSR count). The summed E-state index contributed by atoms with van der Waals surface area (Å²) in [5.74, 6) is -6.54. The van der Waals surface area contributed by atoms with Gasteiger partial charge in [0.15, 0.2) is 11.9 Å². The summed E-state index contributed by atoms with van der Waals surface area (Å²) in [7, 11) is 0. The fourth-order valence-corrected chi connectivity index (χ4v) is 6.43. The van der Waals surface area contributed by atoms with E-state index in [0.717, 1.165) is 0 Å². The lowest BCUT2D eigenvalue weighted by atomic mass is 9.95. The van der Waals surface area contributed by atoms with Gasteiger partial charge < -0.3 is 72.0 Å². The molecule has 0 aromatic heterocycles. The number of halogens is 1. The molecule has 0 aliphatic heterocycles. The van der Waals surface area contributed by atoms with E-state index in [1.165, 1.54) is 31.2 Å². The van der Waals surface area contributed by atoms with Gasteiger partial charge in [-0.05, 0) is 94.4 Å². The molecule has 65 heavy (non-hydrogen) atoms. The van der Waals surface area contributed by atoms with Gasteiger partial charge in [0.25, 0.3) is 0 Å². The first kappa shape index (κ1) is 56.9. The van der Waals surface area contributed by atoms with E-state index in [4.69, 9.17) is 40.1 Å². The maximum absolute atomic E-state index is 14.2. The van der Waals surface area contributed by atoms with Gasteiger partial charge in [-0.2, -0.15) is 0 Å². The van der Waals surface area contributed by atoms with Crippen LogP contribution >= 0.6 is 0 Å². The normalized spacial score (nSPS) is 14.7. The van der Waals surface area contributed by atoms with E-state index in [1.807, 2.05) is 13.8 Å². The number of rotatable bonds is 31. The SMILES string of the molecule is CC[C@H](C)[C@H](NC(=O)[C@H](CC(C)C)NC(=O)[C@H](CCCN=C(N)N)NC(=O)[C@H](CCCN=C(N)N)NC(=O)[C@H](CCCCN)NC(=O)[C@H](C)N)C(=O)N[C@@H](Cc1ccc(F)cc1)C(N)=O. The van der Waals surface area contributed by atoms with Crippen molar-refractivity contribution in [3.8, 4) is 0 Å². The molecule has 0 bridgehead atoms. The number of amides is 7. The molecular weight excluding hydrogens is 846 g/mol. The molecule has 0 saturated carbocycles. The van der Waals surface area contributed by atoms with Gasteiger partial charge in [-0.25, -0.2) is 4.39 Å². The fourth-order valence-electron chi connectivity index (χ4n) is 6.43. The van der Waals surface area contributed by atoms with Crippen molar-refractivity contribution in [2.24, 2.45) is 62.0 Å². The second-order valence-electron chi connectivity index (χ2n) is 16.5. The zero-order valence-corrected chi connectivity index (χ0v) is 38.4. The first-order valence-corrected chi connectivity index (χ1v) is 22.0. The fraction of sp³-hybridized carbons (Fsp3) is 0.643. The van der Waals surface area contributed by atoms with Crippen LogP contribution in [0.5, 0.6) is 0 Å². The average molecular weight is 920 g/mol. The third-order valence-electron chi connectivity index (χ3n) is 10.3. The van der Waals surface area contributed by atoms with Crippen LogP contribution in [0.25, 0.3) is 0 Å². The highest BCUT2D eigenvalue weighted by atomic mass is 19.1. The predicted octanol–water partition coefficient (Wildman–Crippen LogP) is -2.56. The maximum Gasteiger partial charge on any atom is 0.243 e. The Morgan fingerprint density at radius 1 is 0.585 bits per heavy atom. The van der Waals surface area contributed by atoms with Gasteiger partial charge in [0.05, 0.1) is 6.04 Å². The highest BCUT2D eigenvalue weighted by Crippen LogP contribution is 2.14. The Morgan fingerprint density at radius 2 is 1.02 bits per heavy atom. The van der Waals surface area contributed by atoms with Crippen LogP contribution in [-0.4, -0.2) is 115 Å². The van der Waals surface area contributed by atoms with Gasteiger partial charge in [0, 0.05) is 19.5 Å². The molecule has 7 amide bonds. The lowest BCUT2D eigenvalue weighted by Gasteiger charge is -2.29. The van der Waals surface area contributed by atoms with Gasteiger partial charge in [-0.3, -0.25) is 43.5 Å². The minimum atomic E-state index is -1.30. The minimum Gasteiger partial charge on any atom is -0.370 e. The van der Waals surface area contributed by atoms with Crippen molar-refractivity contribution in [1.29, 1.82) is 0 Å². The summed E-state index contributed by atoms with van der Waals surface area (Å²) in [6, 6.07) is -2.80. The summed E-state index contributed by atoms with van der Waals surface area (Å²) in [4.78, 5) is 103. The van der Waals surface area contributed by atoms with Gasteiger partial charge in [0.1, 0.15) is 42.1 Å². The van der Waals surface area contributed by atoms with E-state index in [2.05, 4.69) is 41.9 Å². The highest BCUT2D eigenvalue weighted by Gasteiger charge is 2.35. The third kappa shape index (κ3) is 22.9. The van der Waals surface area contributed by atoms with Crippen LogP contribution in [0.1, 0.15) is 98.0 Å². The van der Waals surface area contributed by atoms with Crippen LogP contribution < -0.4 is 72.0 Å². The molecule has 23 heteroatoms. The molecule has 8 atom stereocenters. The molecule has 1 aromatic carbocycles. The molecule has 0 unspecified atom stereocenters. The van der Waals surface area contributed by atoms with Crippen molar-refractivity contribution in [3.63, 3.8) is 0 Å². The lowest BCUT2D eigenvalue weighted by molar-refractivity contribution is -0.136. The Bertz CT molecular complexity index is 1760. The molecule has 0 aliphatic carbocycles. The third-order valence-corrected chi connectivity index (χ3v) is 10.3. The Labute approximate surface area is 380 Å². The number of aliphatic imine (C=N–C) groups is 2. The van der Waals surface area contributed by atoms with Gasteiger partial charge in [0.2, 0.25) is 41.4 Å². The van der Waals surface area contributed by atoms with Gasteiger partial charge in [-0.1, -0.05) is 46.2 Å². The quantitative estimate of drug-likeness (QED) is 0.0207. The second-order valence-corrected chi connectivity index (χ2v) is 16.5. The number of nitrogens with one attached hydrogen (secondary N) is 6. The number of guanidine groups is 2. The van der Waals surface area contributed by atoms with Crippen molar-refractivity contribution in [2.45, 2.75) is 141 Å². The molecule has 20 N–H and O–H groups in total. The first-order valence-electron chi connectivity index (χ1n) is 22.0. The topological polar surface area (TPSA) is 399 Å². The molecule has 0 saturated heterocycles. The van der Waals surface area contributed by atoms with Crippen LogP contribution in [0.15, 0.2) is 34.3 Å². The lowest BCUT2D eigenvalue weighted by Crippen LogP contribution is -2.60. The Morgan fingerprint density at radius 3 is 1.43 bits per heavy atom. The summed E-state index contributed by atoms with van der Waals surface area (Å²) < 4.78 is 13.5. The van der Waals surface area contributed by atoms with E-state index >= 15 is 0 Å². The molecular formula is C42H74FN15O7. The van der Waals surface area contributed by atoms with Crippen molar-refractivity contribution in [3.05, 3.63) is 35.6 Å². The van der Waals surface area contributed by atoms with Gasteiger partial charge >= 0.3 is 0 Å². The van der Waals surface area contributed by atoms with Crippen molar-refractivity contribution >= 4 is 53.3 Å². The Hall–Kier alpha value is -6.10. The van der Waals surface area contributed by atoms with Crippen LogP contribution in [0.2, 0.25) is 0 Å².